The number of rotatable bonds is 4. The highest BCUT2D eigenvalue weighted by Crippen LogP contribution is 2.44. The number of halogens is 3. The fourth-order valence-corrected chi connectivity index (χ4v) is 4.18. The van der Waals surface area contributed by atoms with Gasteiger partial charge >= 0.3 is 6.18 Å². The summed E-state index contributed by atoms with van der Waals surface area (Å²) in [7, 11) is 3.45. The van der Waals surface area contributed by atoms with Crippen LogP contribution in [0.15, 0.2) is 36.5 Å². The summed E-state index contributed by atoms with van der Waals surface area (Å²) in [4.78, 5) is 14.7. The molecule has 4 rings (SSSR count). The first kappa shape index (κ1) is 21.9. The molecule has 1 amide bonds. The number of benzene rings is 1. The summed E-state index contributed by atoms with van der Waals surface area (Å²) in [5, 5.41) is 11.4. The van der Waals surface area contributed by atoms with Crippen molar-refractivity contribution in [3.8, 4) is 0 Å². The van der Waals surface area contributed by atoms with Crippen LogP contribution < -0.4 is 5.32 Å². The van der Waals surface area contributed by atoms with E-state index in [4.69, 9.17) is 0 Å². The van der Waals surface area contributed by atoms with Crippen LogP contribution in [-0.2, 0) is 13.6 Å². The van der Waals surface area contributed by atoms with Crippen molar-refractivity contribution in [2.75, 3.05) is 12.4 Å². The molecule has 2 aromatic heterocycles. The average Bonchev–Trinajstić information content (AvgIpc) is 3.28. The van der Waals surface area contributed by atoms with Crippen molar-refractivity contribution in [1.29, 1.82) is 0 Å². The Labute approximate surface area is 183 Å². The highest BCUT2D eigenvalue weighted by molar-refractivity contribution is 5.98. The zero-order valence-corrected chi connectivity index (χ0v) is 18.3. The van der Waals surface area contributed by atoms with Crippen LogP contribution in [0.4, 0.5) is 19.0 Å². The van der Waals surface area contributed by atoms with Crippen molar-refractivity contribution in [2.24, 2.45) is 7.05 Å². The number of aryl methyl sites for hydroxylation is 2. The highest BCUT2D eigenvalue weighted by atomic mass is 19.4. The Morgan fingerprint density at radius 1 is 1.25 bits per heavy atom. The topological polar surface area (TPSA) is 68.0 Å². The number of fused-ring (bicyclic) bond motifs is 1. The highest BCUT2D eigenvalue weighted by Gasteiger charge is 2.47. The fraction of sp³-hybridized carbons (Fsp3) is 0.409. The van der Waals surface area contributed by atoms with Gasteiger partial charge in [-0.25, -0.2) is 4.68 Å². The number of anilines is 1. The van der Waals surface area contributed by atoms with Gasteiger partial charge in [0, 0.05) is 38.3 Å². The number of hydrogen-bond donors (Lipinski definition) is 1. The van der Waals surface area contributed by atoms with Crippen molar-refractivity contribution in [1.82, 2.24) is 24.5 Å². The number of alkyl halides is 3. The third-order valence-corrected chi connectivity index (χ3v) is 6.07. The molecule has 3 heterocycles. The summed E-state index contributed by atoms with van der Waals surface area (Å²) in [5.74, 6) is -0.319. The Bertz CT molecular complexity index is 1130. The number of aromatic nitrogens is 4. The monoisotopic (exact) mass is 446 g/mol. The molecule has 1 N–H and O–H groups in total. The Balaban J connectivity index is 1.67. The van der Waals surface area contributed by atoms with Gasteiger partial charge in [-0.1, -0.05) is 30.3 Å². The van der Waals surface area contributed by atoms with Gasteiger partial charge in [0.05, 0.1) is 17.9 Å². The second-order valence-corrected chi connectivity index (χ2v) is 8.19. The smallest absolute Gasteiger partial charge is 0.363 e. The van der Waals surface area contributed by atoms with E-state index in [9.17, 15) is 18.0 Å². The van der Waals surface area contributed by atoms with Crippen LogP contribution in [0.2, 0.25) is 0 Å². The number of hydrogen-bond acceptors (Lipinski definition) is 4. The Morgan fingerprint density at radius 3 is 2.53 bits per heavy atom. The van der Waals surface area contributed by atoms with Gasteiger partial charge in [-0.2, -0.15) is 23.4 Å². The number of amides is 1. The summed E-state index contributed by atoms with van der Waals surface area (Å²) in [6.45, 7) is 4.07. The van der Waals surface area contributed by atoms with Crippen molar-refractivity contribution in [3.05, 3.63) is 64.6 Å². The van der Waals surface area contributed by atoms with Gasteiger partial charge in [0.25, 0.3) is 5.91 Å². The van der Waals surface area contributed by atoms with Crippen LogP contribution in [0, 0.1) is 13.8 Å². The SMILES string of the molecule is Cc1nn(C)c(C)c1CN(C)C(=O)c1cnn2c1N[C@H](c1ccccc1)C[C@@H]2C(F)(F)F. The molecule has 1 aliphatic heterocycles. The Hall–Kier alpha value is -3.30. The first-order valence-electron chi connectivity index (χ1n) is 10.3. The molecule has 32 heavy (non-hydrogen) atoms. The van der Waals surface area contributed by atoms with Gasteiger partial charge in [0.2, 0.25) is 0 Å². The van der Waals surface area contributed by atoms with Gasteiger partial charge in [-0.3, -0.25) is 9.48 Å². The molecule has 7 nitrogen and oxygen atoms in total. The molecule has 0 unspecified atom stereocenters. The zero-order chi connectivity index (χ0) is 23.2. The summed E-state index contributed by atoms with van der Waals surface area (Å²) < 4.78 is 44.2. The lowest BCUT2D eigenvalue weighted by Gasteiger charge is -2.34. The van der Waals surface area contributed by atoms with Crippen LogP contribution in [0.25, 0.3) is 0 Å². The van der Waals surface area contributed by atoms with Gasteiger partial charge in [0.15, 0.2) is 6.04 Å². The first-order valence-corrected chi connectivity index (χ1v) is 10.3. The molecule has 10 heteroatoms. The number of nitrogens with zero attached hydrogens (tertiary/aromatic N) is 5. The fourth-order valence-electron chi connectivity index (χ4n) is 4.18. The van der Waals surface area contributed by atoms with Crippen LogP contribution in [-0.4, -0.2) is 43.6 Å². The second-order valence-electron chi connectivity index (χ2n) is 8.19. The van der Waals surface area contributed by atoms with Crippen LogP contribution >= 0.6 is 0 Å². The maximum absolute atomic E-state index is 13.9. The van der Waals surface area contributed by atoms with E-state index in [-0.39, 0.29) is 17.8 Å². The Morgan fingerprint density at radius 2 is 1.94 bits per heavy atom. The van der Waals surface area contributed by atoms with Crippen LogP contribution in [0.1, 0.15) is 51.4 Å². The van der Waals surface area contributed by atoms with Gasteiger partial charge in [0.1, 0.15) is 11.4 Å². The minimum absolute atomic E-state index is 0.0870. The zero-order valence-electron chi connectivity index (χ0n) is 18.3. The molecule has 0 saturated heterocycles. The molecule has 0 bridgehead atoms. The molecule has 0 saturated carbocycles. The predicted octanol–water partition coefficient (Wildman–Crippen LogP) is 4.17. The van der Waals surface area contributed by atoms with E-state index < -0.39 is 24.2 Å². The van der Waals surface area contributed by atoms with E-state index >= 15 is 0 Å². The lowest BCUT2D eigenvalue weighted by atomic mass is 9.96. The predicted molar refractivity (Wildman–Crippen MR) is 113 cm³/mol. The van der Waals surface area contributed by atoms with Gasteiger partial charge < -0.3 is 10.2 Å². The molecular formula is C22H25F3N6O. The quantitative estimate of drug-likeness (QED) is 0.653. The van der Waals surface area contributed by atoms with Crippen LogP contribution in [0.3, 0.4) is 0 Å². The minimum atomic E-state index is -4.49. The van der Waals surface area contributed by atoms with Crippen molar-refractivity contribution < 1.29 is 18.0 Å². The molecule has 1 aliphatic rings. The molecule has 0 radical (unpaired) electrons. The van der Waals surface area contributed by atoms with Crippen LogP contribution in [0.5, 0.6) is 0 Å². The largest absolute Gasteiger partial charge is 0.410 e. The lowest BCUT2D eigenvalue weighted by Crippen LogP contribution is -2.36. The van der Waals surface area contributed by atoms with E-state index in [1.165, 1.54) is 11.1 Å². The molecule has 0 spiro atoms. The number of carbonyl (C=O) groups excluding carboxylic acids is 1. The molecular weight excluding hydrogens is 421 g/mol. The van der Waals surface area contributed by atoms with Gasteiger partial charge in [-0.15, -0.1) is 0 Å². The molecule has 170 valence electrons. The van der Waals surface area contributed by atoms with E-state index in [0.717, 1.165) is 27.2 Å². The maximum atomic E-state index is 13.9. The van der Waals surface area contributed by atoms with E-state index in [1.807, 2.05) is 27.0 Å². The van der Waals surface area contributed by atoms with E-state index in [0.29, 0.717) is 6.54 Å². The molecule has 2 atom stereocenters. The van der Waals surface area contributed by atoms with Crippen molar-refractivity contribution in [3.63, 3.8) is 0 Å². The lowest BCUT2D eigenvalue weighted by molar-refractivity contribution is -0.173. The first-order chi connectivity index (χ1) is 15.1. The van der Waals surface area contributed by atoms with E-state index in [1.54, 1.807) is 36.0 Å². The standard InChI is InChI=1S/C22H25F3N6O/c1-13-17(14(2)30(4)28-13)12-29(3)21(32)16-11-26-31-19(22(23,24)25)10-18(27-20(16)31)15-8-6-5-7-9-15/h5-9,11,18-19,27H,10,12H2,1-4H3/t18-,19+/m0/s1. The van der Waals surface area contributed by atoms with Crippen molar-refractivity contribution >= 4 is 11.7 Å². The maximum Gasteiger partial charge on any atom is 0.410 e. The van der Waals surface area contributed by atoms with Gasteiger partial charge in [-0.05, 0) is 19.4 Å². The third kappa shape index (κ3) is 3.85. The molecule has 1 aromatic carbocycles. The third-order valence-electron chi connectivity index (χ3n) is 6.07. The molecule has 0 aliphatic carbocycles. The average molecular weight is 446 g/mol. The van der Waals surface area contributed by atoms with E-state index in [2.05, 4.69) is 15.5 Å². The minimum Gasteiger partial charge on any atom is -0.363 e. The number of carbonyl (C=O) groups is 1. The summed E-state index contributed by atoms with van der Waals surface area (Å²) >= 11 is 0. The summed E-state index contributed by atoms with van der Waals surface area (Å²) in [6, 6.07) is 6.51. The summed E-state index contributed by atoms with van der Waals surface area (Å²) in [5.41, 5.74) is 3.48. The second kappa shape index (κ2) is 7.99. The summed E-state index contributed by atoms with van der Waals surface area (Å²) in [6.07, 6.45) is -3.48. The Kier molecular flexibility index (Phi) is 5.47. The normalized spacial score (nSPS) is 18.2. The van der Waals surface area contributed by atoms with Crippen molar-refractivity contribution in [2.45, 2.75) is 45.1 Å². The number of nitrogens with one attached hydrogen (secondary N) is 1. The molecule has 3 aromatic rings. The molecule has 0 fully saturated rings.